The predicted octanol–water partition coefficient (Wildman–Crippen LogP) is 3.77. The number of ether oxygens (including phenoxy) is 1. The van der Waals surface area contributed by atoms with Crippen LogP contribution in [0.15, 0.2) is 21.1 Å². The van der Waals surface area contributed by atoms with Gasteiger partial charge in [-0.3, -0.25) is 0 Å². The molecule has 100 valence electrons. The molecule has 0 aliphatic carbocycles. The largest absolute Gasteiger partial charge is 0.495 e. The van der Waals surface area contributed by atoms with Crippen LogP contribution in [0.4, 0.5) is 5.69 Å². The molecule has 0 radical (unpaired) electrons. The second-order valence-corrected chi connectivity index (χ2v) is 6.20. The first-order chi connectivity index (χ1) is 8.70. The van der Waals surface area contributed by atoms with E-state index in [4.69, 9.17) is 4.74 Å². The number of rotatable bonds is 3. The molecule has 1 saturated heterocycles. The second kappa shape index (κ2) is 6.78. The maximum absolute atomic E-state index is 5.33. The minimum atomic E-state index is 0.530. The molecular formula is C13H18Br2N2O. The number of anilines is 1. The first-order valence-electron chi connectivity index (χ1n) is 6.21. The van der Waals surface area contributed by atoms with Crippen molar-refractivity contribution in [3.63, 3.8) is 0 Å². The van der Waals surface area contributed by atoms with Crippen molar-refractivity contribution in [2.24, 2.45) is 0 Å². The highest BCUT2D eigenvalue weighted by atomic mass is 79.9. The van der Waals surface area contributed by atoms with Gasteiger partial charge in [0.1, 0.15) is 5.75 Å². The lowest BCUT2D eigenvalue weighted by atomic mass is 10.1. The van der Waals surface area contributed by atoms with E-state index in [1.807, 2.05) is 12.1 Å². The topological polar surface area (TPSA) is 33.3 Å². The van der Waals surface area contributed by atoms with Gasteiger partial charge in [-0.25, -0.2) is 0 Å². The molecule has 1 heterocycles. The maximum atomic E-state index is 5.33. The summed E-state index contributed by atoms with van der Waals surface area (Å²) in [5.74, 6) is 0.854. The third-order valence-electron chi connectivity index (χ3n) is 3.18. The number of benzene rings is 1. The van der Waals surface area contributed by atoms with Crippen LogP contribution in [-0.2, 0) is 0 Å². The Bertz CT molecular complexity index is 404. The van der Waals surface area contributed by atoms with Crippen molar-refractivity contribution in [3.8, 4) is 5.75 Å². The number of halogens is 2. The molecule has 1 aliphatic heterocycles. The zero-order chi connectivity index (χ0) is 13.0. The molecule has 0 spiro atoms. The lowest BCUT2D eigenvalue weighted by Crippen LogP contribution is -2.21. The molecular weight excluding hydrogens is 360 g/mol. The minimum Gasteiger partial charge on any atom is -0.495 e. The predicted molar refractivity (Wildman–Crippen MR) is 82.5 cm³/mol. The van der Waals surface area contributed by atoms with Crippen LogP contribution in [0.5, 0.6) is 5.75 Å². The number of nitrogens with one attached hydrogen (secondary N) is 2. The van der Waals surface area contributed by atoms with Crippen LogP contribution in [0.2, 0.25) is 0 Å². The van der Waals surface area contributed by atoms with Crippen molar-refractivity contribution in [1.29, 1.82) is 0 Å². The Kier molecular flexibility index (Phi) is 5.33. The third kappa shape index (κ3) is 3.62. The summed E-state index contributed by atoms with van der Waals surface area (Å²) >= 11 is 7.08. The van der Waals surface area contributed by atoms with Crippen LogP contribution in [0.3, 0.4) is 0 Å². The Morgan fingerprint density at radius 1 is 1.22 bits per heavy atom. The smallest absolute Gasteiger partial charge is 0.135 e. The van der Waals surface area contributed by atoms with Crippen LogP contribution < -0.4 is 15.4 Å². The standard InChI is InChI=1S/C13H18Br2N2O/c1-18-13-8-12(10(14)7-11(13)15)17-9-3-2-5-16-6-4-9/h7-9,16-17H,2-6H2,1H3. The van der Waals surface area contributed by atoms with Gasteiger partial charge in [-0.2, -0.15) is 0 Å². The quantitative estimate of drug-likeness (QED) is 0.840. The van der Waals surface area contributed by atoms with E-state index in [-0.39, 0.29) is 0 Å². The normalized spacial score (nSPS) is 20.3. The van der Waals surface area contributed by atoms with Crippen molar-refractivity contribution in [2.75, 3.05) is 25.5 Å². The van der Waals surface area contributed by atoms with Crippen molar-refractivity contribution in [3.05, 3.63) is 21.1 Å². The van der Waals surface area contributed by atoms with Crippen molar-refractivity contribution < 1.29 is 4.74 Å². The molecule has 0 bridgehead atoms. The Labute approximate surface area is 125 Å². The summed E-state index contributed by atoms with van der Waals surface area (Å²) in [6.45, 7) is 2.21. The molecule has 1 aliphatic rings. The summed E-state index contributed by atoms with van der Waals surface area (Å²) in [6.07, 6.45) is 3.59. The summed E-state index contributed by atoms with van der Waals surface area (Å²) in [5, 5.41) is 7.03. The van der Waals surface area contributed by atoms with Gasteiger partial charge in [-0.05, 0) is 70.3 Å². The Morgan fingerprint density at radius 3 is 2.83 bits per heavy atom. The van der Waals surface area contributed by atoms with E-state index in [0.29, 0.717) is 6.04 Å². The summed E-state index contributed by atoms with van der Waals surface area (Å²) < 4.78 is 7.36. The highest BCUT2D eigenvalue weighted by Gasteiger charge is 2.14. The van der Waals surface area contributed by atoms with Gasteiger partial charge < -0.3 is 15.4 Å². The SMILES string of the molecule is COc1cc(NC2CCCNCC2)c(Br)cc1Br. The molecule has 2 N–H and O–H groups in total. The molecule has 5 heteroatoms. The van der Waals surface area contributed by atoms with Gasteiger partial charge >= 0.3 is 0 Å². The molecule has 0 aromatic heterocycles. The lowest BCUT2D eigenvalue weighted by molar-refractivity contribution is 0.412. The van der Waals surface area contributed by atoms with Crippen molar-refractivity contribution in [2.45, 2.75) is 25.3 Å². The van der Waals surface area contributed by atoms with E-state index in [1.165, 1.54) is 12.8 Å². The fourth-order valence-electron chi connectivity index (χ4n) is 2.18. The highest BCUT2D eigenvalue weighted by molar-refractivity contribution is 9.11. The van der Waals surface area contributed by atoms with Gasteiger partial charge in [0.25, 0.3) is 0 Å². The van der Waals surface area contributed by atoms with Gasteiger partial charge in [0.15, 0.2) is 0 Å². The van der Waals surface area contributed by atoms with Crippen molar-refractivity contribution in [1.82, 2.24) is 5.32 Å². The molecule has 18 heavy (non-hydrogen) atoms. The van der Waals surface area contributed by atoms with E-state index >= 15 is 0 Å². The minimum absolute atomic E-state index is 0.530. The Hall–Kier alpha value is -0.260. The fraction of sp³-hybridized carbons (Fsp3) is 0.538. The summed E-state index contributed by atoms with van der Waals surface area (Å²) in [4.78, 5) is 0. The van der Waals surface area contributed by atoms with Crippen LogP contribution in [0, 0.1) is 0 Å². The van der Waals surface area contributed by atoms with E-state index in [9.17, 15) is 0 Å². The zero-order valence-electron chi connectivity index (χ0n) is 10.4. The van der Waals surface area contributed by atoms with Gasteiger partial charge in [0.05, 0.1) is 17.3 Å². The lowest BCUT2D eigenvalue weighted by Gasteiger charge is -2.19. The van der Waals surface area contributed by atoms with E-state index in [0.717, 1.165) is 39.9 Å². The highest BCUT2D eigenvalue weighted by Crippen LogP contribution is 2.35. The van der Waals surface area contributed by atoms with Crippen LogP contribution in [-0.4, -0.2) is 26.2 Å². The third-order valence-corrected chi connectivity index (χ3v) is 4.45. The van der Waals surface area contributed by atoms with Crippen LogP contribution >= 0.6 is 31.9 Å². The van der Waals surface area contributed by atoms with Crippen LogP contribution in [0.1, 0.15) is 19.3 Å². The molecule has 0 amide bonds. The summed E-state index contributed by atoms with van der Waals surface area (Å²) in [6, 6.07) is 4.59. The Morgan fingerprint density at radius 2 is 2.06 bits per heavy atom. The van der Waals surface area contributed by atoms with E-state index in [1.54, 1.807) is 7.11 Å². The van der Waals surface area contributed by atoms with Crippen LogP contribution in [0.25, 0.3) is 0 Å². The first-order valence-corrected chi connectivity index (χ1v) is 7.79. The monoisotopic (exact) mass is 376 g/mol. The average molecular weight is 378 g/mol. The number of methoxy groups -OCH3 is 1. The molecule has 1 aromatic rings. The van der Waals surface area contributed by atoms with E-state index in [2.05, 4.69) is 42.5 Å². The van der Waals surface area contributed by atoms with Gasteiger partial charge in [-0.1, -0.05) is 0 Å². The average Bonchev–Trinajstić information content (AvgIpc) is 2.61. The molecule has 1 fully saturated rings. The molecule has 2 rings (SSSR count). The number of hydrogen-bond donors (Lipinski definition) is 2. The summed E-state index contributed by atoms with van der Waals surface area (Å²) in [7, 11) is 1.69. The molecule has 1 aromatic carbocycles. The number of hydrogen-bond acceptors (Lipinski definition) is 3. The van der Waals surface area contributed by atoms with Crippen molar-refractivity contribution >= 4 is 37.5 Å². The molecule has 3 nitrogen and oxygen atoms in total. The molecule has 1 unspecified atom stereocenters. The zero-order valence-corrected chi connectivity index (χ0v) is 13.6. The van der Waals surface area contributed by atoms with Gasteiger partial charge in [0.2, 0.25) is 0 Å². The Balaban J connectivity index is 2.12. The van der Waals surface area contributed by atoms with Gasteiger partial charge in [0, 0.05) is 16.6 Å². The fourth-order valence-corrected chi connectivity index (χ4v) is 3.45. The first kappa shape index (κ1) is 14.2. The molecule has 0 saturated carbocycles. The second-order valence-electron chi connectivity index (χ2n) is 4.49. The van der Waals surface area contributed by atoms with E-state index < -0.39 is 0 Å². The maximum Gasteiger partial charge on any atom is 0.135 e. The summed E-state index contributed by atoms with van der Waals surface area (Å²) in [5.41, 5.74) is 1.10. The molecule has 1 atom stereocenters. The van der Waals surface area contributed by atoms with Gasteiger partial charge in [-0.15, -0.1) is 0 Å².